The Hall–Kier alpha value is -2.76. The molecular formula is C18H18F2N2O2. The number of hydrogen-bond donors (Lipinski definition) is 1. The summed E-state index contributed by atoms with van der Waals surface area (Å²) >= 11 is 0. The van der Waals surface area contributed by atoms with Gasteiger partial charge in [-0.25, -0.2) is 8.78 Å². The van der Waals surface area contributed by atoms with Crippen LogP contribution in [0.5, 0.6) is 0 Å². The molecule has 0 aliphatic carbocycles. The summed E-state index contributed by atoms with van der Waals surface area (Å²) < 4.78 is 26.4. The van der Waals surface area contributed by atoms with Gasteiger partial charge in [-0.2, -0.15) is 0 Å². The zero-order valence-electron chi connectivity index (χ0n) is 13.5. The summed E-state index contributed by atoms with van der Waals surface area (Å²) in [5.74, 6) is -2.80. The van der Waals surface area contributed by atoms with Crippen molar-refractivity contribution in [3.8, 4) is 0 Å². The minimum absolute atomic E-state index is 0.266. The van der Waals surface area contributed by atoms with Crippen molar-refractivity contribution in [3.63, 3.8) is 0 Å². The Kier molecular flexibility index (Phi) is 5.63. The van der Waals surface area contributed by atoms with Gasteiger partial charge in [0.1, 0.15) is 11.6 Å². The molecule has 0 bridgehead atoms. The van der Waals surface area contributed by atoms with E-state index in [1.165, 1.54) is 4.90 Å². The van der Waals surface area contributed by atoms with Gasteiger partial charge in [0.15, 0.2) is 0 Å². The summed E-state index contributed by atoms with van der Waals surface area (Å²) in [4.78, 5) is 25.4. The van der Waals surface area contributed by atoms with Crippen LogP contribution in [0.4, 0.5) is 8.78 Å². The molecule has 2 aromatic carbocycles. The van der Waals surface area contributed by atoms with E-state index in [2.05, 4.69) is 5.32 Å². The van der Waals surface area contributed by atoms with Crippen molar-refractivity contribution < 1.29 is 18.4 Å². The molecule has 4 nitrogen and oxygen atoms in total. The summed E-state index contributed by atoms with van der Waals surface area (Å²) in [5.41, 5.74) is 1.77. The van der Waals surface area contributed by atoms with Crippen LogP contribution in [-0.2, 0) is 11.3 Å². The molecule has 0 fully saturated rings. The summed E-state index contributed by atoms with van der Waals surface area (Å²) in [6.07, 6.45) is 0. The van der Waals surface area contributed by atoms with E-state index in [-0.39, 0.29) is 18.0 Å². The minimum atomic E-state index is -0.965. The van der Waals surface area contributed by atoms with Crippen LogP contribution in [0.15, 0.2) is 42.5 Å². The maximum absolute atomic E-state index is 13.5. The van der Waals surface area contributed by atoms with Gasteiger partial charge in [0.25, 0.3) is 5.91 Å². The SMILES string of the molecule is Cc1ccccc1CN(C)C(=O)CNC(=O)c1ccc(F)cc1F. The molecule has 126 valence electrons. The maximum atomic E-state index is 13.5. The summed E-state index contributed by atoms with van der Waals surface area (Å²) in [6, 6.07) is 10.3. The number of amides is 2. The zero-order chi connectivity index (χ0) is 17.7. The highest BCUT2D eigenvalue weighted by Gasteiger charge is 2.15. The standard InChI is InChI=1S/C18H18F2N2O2/c1-12-5-3-4-6-13(12)11-22(2)17(23)10-21-18(24)15-8-7-14(19)9-16(15)20/h3-9H,10-11H2,1-2H3,(H,21,24). The molecule has 0 radical (unpaired) electrons. The molecule has 2 amide bonds. The third-order valence-electron chi connectivity index (χ3n) is 3.67. The van der Waals surface area contributed by atoms with Crippen LogP contribution in [0, 0.1) is 18.6 Å². The van der Waals surface area contributed by atoms with Gasteiger partial charge in [0, 0.05) is 19.7 Å². The zero-order valence-corrected chi connectivity index (χ0v) is 13.5. The lowest BCUT2D eigenvalue weighted by atomic mass is 10.1. The first-order chi connectivity index (χ1) is 11.4. The number of likely N-dealkylation sites (N-methyl/N-ethyl adjacent to an activating group) is 1. The number of nitrogens with one attached hydrogen (secondary N) is 1. The fourth-order valence-electron chi connectivity index (χ4n) is 2.19. The van der Waals surface area contributed by atoms with Crippen molar-refractivity contribution in [3.05, 3.63) is 70.8 Å². The number of carbonyl (C=O) groups is 2. The molecule has 0 unspecified atom stereocenters. The second-order valence-electron chi connectivity index (χ2n) is 5.48. The van der Waals surface area contributed by atoms with Gasteiger partial charge in [-0.1, -0.05) is 24.3 Å². The average Bonchev–Trinajstić information content (AvgIpc) is 2.54. The molecule has 2 aromatic rings. The largest absolute Gasteiger partial charge is 0.343 e. The van der Waals surface area contributed by atoms with E-state index in [0.717, 1.165) is 23.3 Å². The van der Waals surface area contributed by atoms with E-state index in [9.17, 15) is 18.4 Å². The lowest BCUT2D eigenvalue weighted by molar-refractivity contribution is -0.129. The van der Waals surface area contributed by atoms with Gasteiger partial charge in [-0.15, -0.1) is 0 Å². The fraction of sp³-hybridized carbons (Fsp3) is 0.222. The predicted octanol–water partition coefficient (Wildman–Crippen LogP) is 2.66. The summed E-state index contributed by atoms with van der Waals surface area (Å²) in [6.45, 7) is 2.09. The van der Waals surface area contributed by atoms with Crippen molar-refractivity contribution in [1.82, 2.24) is 10.2 Å². The monoisotopic (exact) mass is 332 g/mol. The van der Waals surface area contributed by atoms with Crippen molar-refractivity contribution in [2.45, 2.75) is 13.5 Å². The topological polar surface area (TPSA) is 49.4 Å². The molecule has 0 atom stereocenters. The van der Waals surface area contributed by atoms with Gasteiger partial charge >= 0.3 is 0 Å². The summed E-state index contributed by atoms with van der Waals surface area (Å²) in [5, 5.41) is 2.35. The van der Waals surface area contributed by atoms with Crippen LogP contribution in [-0.4, -0.2) is 30.3 Å². The van der Waals surface area contributed by atoms with E-state index in [1.54, 1.807) is 7.05 Å². The Morgan fingerprint density at radius 3 is 2.50 bits per heavy atom. The van der Waals surface area contributed by atoms with Gasteiger partial charge < -0.3 is 10.2 Å². The van der Waals surface area contributed by atoms with Gasteiger partial charge in [0.05, 0.1) is 12.1 Å². The Labute approximate surface area is 139 Å². The average molecular weight is 332 g/mol. The van der Waals surface area contributed by atoms with E-state index < -0.39 is 17.5 Å². The highest BCUT2D eigenvalue weighted by atomic mass is 19.1. The molecule has 0 aromatic heterocycles. The second-order valence-corrected chi connectivity index (χ2v) is 5.48. The number of aryl methyl sites for hydroxylation is 1. The first-order valence-electron chi connectivity index (χ1n) is 7.40. The van der Waals surface area contributed by atoms with Crippen LogP contribution in [0.3, 0.4) is 0 Å². The number of halogens is 2. The lowest BCUT2D eigenvalue weighted by Crippen LogP contribution is -2.38. The molecule has 0 aliphatic heterocycles. The Morgan fingerprint density at radius 2 is 1.83 bits per heavy atom. The first-order valence-corrected chi connectivity index (χ1v) is 7.40. The molecule has 6 heteroatoms. The Bertz CT molecular complexity index is 762. The smallest absolute Gasteiger partial charge is 0.254 e. The second kappa shape index (κ2) is 7.68. The van der Waals surface area contributed by atoms with Crippen LogP contribution in [0.2, 0.25) is 0 Å². The van der Waals surface area contributed by atoms with E-state index in [4.69, 9.17) is 0 Å². The highest BCUT2D eigenvalue weighted by molar-refractivity contribution is 5.96. The van der Waals surface area contributed by atoms with Crippen LogP contribution in [0.25, 0.3) is 0 Å². The third kappa shape index (κ3) is 4.38. The molecule has 0 saturated heterocycles. The quantitative estimate of drug-likeness (QED) is 0.915. The molecule has 24 heavy (non-hydrogen) atoms. The molecule has 0 spiro atoms. The molecule has 0 saturated carbocycles. The Balaban J connectivity index is 1.92. The number of carbonyl (C=O) groups excluding carboxylic acids is 2. The van der Waals surface area contributed by atoms with Gasteiger partial charge in [-0.3, -0.25) is 9.59 Å². The molecular weight excluding hydrogens is 314 g/mol. The lowest BCUT2D eigenvalue weighted by Gasteiger charge is -2.19. The predicted molar refractivity (Wildman–Crippen MR) is 86.3 cm³/mol. The fourth-order valence-corrected chi connectivity index (χ4v) is 2.19. The van der Waals surface area contributed by atoms with Crippen molar-refractivity contribution in [2.24, 2.45) is 0 Å². The molecule has 0 heterocycles. The summed E-state index contributed by atoms with van der Waals surface area (Å²) in [7, 11) is 1.62. The number of benzene rings is 2. The van der Waals surface area contributed by atoms with Crippen molar-refractivity contribution in [1.29, 1.82) is 0 Å². The minimum Gasteiger partial charge on any atom is -0.343 e. The normalized spacial score (nSPS) is 10.3. The van der Waals surface area contributed by atoms with E-state index >= 15 is 0 Å². The maximum Gasteiger partial charge on any atom is 0.254 e. The van der Waals surface area contributed by atoms with Gasteiger partial charge in [0.2, 0.25) is 5.91 Å². The Morgan fingerprint density at radius 1 is 1.12 bits per heavy atom. The van der Waals surface area contributed by atoms with E-state index in [0.29, 0.717) is 12.6 Å². The van der Waals surface area contributed by atoms with E-state index in [1.807, 2.05) is 31.2 Å². The van der Waals surface area contributed by atoms with Crippen molar-refractivity contribution in [2.75, 3.05) is 13.6 Å². The number of rotatable bonds is 5. The van der Waals surface area contributed by atoms with Crippen molar-refractivity contribution >= 4 is 11.8 Å². The van der Waals surface area contributed by atoms with Gasteiger partial charge in [-0.05, 0) is 30.2 Å². The molecule has 2 rings (SSSR count). The third-order valence-corrected chi connectivity index (χ3v) is 3.67. The number of nitrogens with zero attached hydrogens (tertiary/aromatic N) is 1. The molecule has 0 aliphatic rings. The van der Waals surface area contributed by atoms with Crippen LogP contribution in [0.1, 0.15) is 21.5 Å². The van der Waals surface area contributed by atoms with Crippen LogP contribution >= 0.6 is 0 Å². The first kappa shape index (κ1) is 17.6. The molecule has 1 N–H and O–H groups in total. The van der Waals surface area contributed by atoms with Crippen LogP contribution < -0.4 is 5.32 Å². The highest BCUT2D eigenvalue weighted by Crippen LogP contribution is 2.10. The number of hydrogen-bond acceptors (Lipinski definition) is 2.